The first-order chi connectivity index (χ1) is 13.8. The fourth-order valence-electron chi connectivity index (χ4n) is 3.03. The van der Waals surface area contributed by atoms with Crippen molar-refractivity contribution >= 4 is 16.7 Å². The number of hydrogen-bond donors (Lipinski definition) is 1. The summed E-state index contributed by atoms with van der Waals surface area (Å²) in [4.78, 5) is 12.0. The summed E-state index contributed by atoms with van der Waals surface area (Å²) in [6, 6.07) is 22.0. The number of ether oxygens (including phenoxy) is 2. The Bertz CT molecular complexity index is 907. The van der Waals surface area contributed by atoms with E-state index in [-0.39, 0.29) is 12.5 Å². The van der Waals surface area contributed by atoms with Gasteiger partial charge in [0.1, 0.15) is 11.5 Å². The Labute approximate surface area is 166 Å². The van der Waals surface area contributed by atoms with Gasteiger partial charge in [0.15, 0.2) is 6.61 Å². The zero-order valence-corrected chi connectivity index (χ0v) is 16.3. The van der Waals surface area contributed by atoms with Gasteiger partial charge in [-0.3, -0.25) is 4.79 Å². The van der Waals surface area contributed by atoms with E-state index < -0.39 is 0 Å². The molecule has 0 radical (unpaired) electrons. The van der Waals surface area contributed by atoms with Crippen molar-refractivity contribution in [2.24, 2.45) is 0 Å². The van der Waals surface area contributed by atoms with Gasteiger partial charge >= 0.3 is 0 Å². The first kappa shape index (κ1) is 19.7. The normalized spacial score (nSPS) is 10.6. The molecule has 0 spiro atoms. The molecule has 3 aromatic rings. The first-order valence-electron chi connectivity index (χ1n) is 9.85. The van der Waals surface area contributed by atoms with Crippen molar-refractivity contribution in [3.8, 4) is 11.5 Å². The predicted molar refractivity (Wildman–Crippen MR) is 113 cm³/mol. The van der Waals surface area contributed by atoms with E-state index in [9.17, 15) is 4.79 Å². The van der Waals surface area contributed by atoms with Crippen LogP contribution in [0.25, 0.3) is 10.8 Å². The van der Waals surface area contributed by atoms with E-state index in [0.29, 0.717) is 12.3 Å². The third kappa shape index (κ3) is 5.74. The average molecular weight is 377 g/mol. The van der Waals surface area contributed by atoms with Crippen molar-refractivity contribution in [1.29, 1.82) is 0 Å². The molecule has 4 heteroatoms. The van der Waals surface area contributed by atoms with Gasteiger partial charge in [-0.25, -0.2) is 0 Å². The highest BCUT2D eigenvalue weighted by Gasteiger charge is 2.05. The van der Waals surface area contributed by atoms with E-state index in [1.807, 2.05) is 54.6 Å². The molecule has 4 nitrogen and oxygen atoms in total. The van der Waals surface area contributed by atoms with Gasteiger partial charge in [0.05, 0.1) is 6.61 Å². The van der Waals surface area contributed by atoms with Gasteiger partial charge in [0.2, 0.25) is 0 Å². The molecule has 1 N–H and O–H groups in total. The molecular formula is C24H27NO3. The molecule has 0 aromatic heterocycles. The van der Waals surface area contributed by atoms with Crippen molar-refractivity contribution in [3.63, 3.8) is 0 Å². The Morgan fingerprint density at radius 3 is 2.57 bits per heavy atom. The number of nitrogens with one attached hydrogen (secondary N) is 1. The van der Waals surface area contributed by atoms with Crippen molar-refractivity contribution in [2.75, 3.05) is 19.8 Å². The number of aryl methyl sites for hydroxylation is 1. The zero-order chi connectivity index (χ0) is 19.6. The Morgan fingerprint density at radius 2 is 1.71 bits per heavy atom. The van der Waals surface area contributed by atoms with E-state index in [2.05, 4.69) is 24.4 Å². The summed E-state index contributed by atoms with van der Waals surface area (Å²) < 4.78 is 11.4. The highest BCUT2D eigenvalue weighted by Crippen LogP contribution is 2.21. The van der Waals surface area contributed by atoms with Gasteiger partial charge in [0, 0.05) is 6.54 Å². The largest absolute Gasteiger partial charge is 0.493 e. The number of fused-ring (bicyclic) bond motifs is 1. The highest BCUT2D eigenvalue weighted by molar-refractivity contribution is 5.84. The number of amides is 1. The van der Waals surface area contributed by atoms with Crippen LogP contribution in [0.4, 0.5) is 0 Å². The van der Waals surface area contributed by atoms with Gasteiger partial charge in [-0.05, 0) is 53.8 Å². The van der Waals surface area contributed by atoms with Crippen LogP contribution in [0.15, 0.2) is 66.7 Å². The summed E-state index contributed by atoms with van der Waals surface area (Å²) >= 11 is 0. The molecule has 0 saturated heterocycles. The topological polar surface area (TPSA) is 47.6 Å². The third-order valence-electron chi connectivity index (χ3n) is 4.47. The van der Waals surface area contributed by atoms with Crippen LogP contribution in [0.5, 0.6) is 11.5 Å². The zero-order valence-electron chi connectivity index (χ0n) is 16.3. The molecule has 1 amide bonds. The Morgan fingerprint density at radius 1 is 0.929 bits per heavy atom. The number of carbonyl (C=O) groups is 1. The summed E-state index contributed by atoms with van der Waals surface area (Å²) in [5.41, 5.74) is 1.18. The van der Waals surface area contributed by atoms with Crippen molar-refractivity contribution < 1.29 is 14.3 Å². The number of benzene rings is 3. The fourth-order valence-corrected chi connectivity index (χ4v) is 3.03. The second kappa shape index (κ2) is 10.4. The lowest BCUT2D eigenvalue weighted by molar-refractivity contribution is -0.123. The maximum Gasteiger partial charge on any atom is 0.257 e. The Kier molecular flexibility index (Phi) is 7.30. The highest BCUT2D eigenvalue weighted by atomic mass is 16.5. The molecule has 3 aromatic carbocycles. The number of carbonyl (C=O) groups excluding carboxylic acids is 1. The van der Waals surface area contributed by atoms with Crippen LogP contribution >= 0.6 is 0 Å². The minimum Gasteiger partial charge on any atom is -0.493 e. The molecular weight excluding hydrogens is 350 g/mol. The fraction of sp³-hybridized carbons (Fsp3) is 0.292. The molecule has 0 saturated carbocycles. The molecule has 0 aliphatic carbocycles. The van der Waals surface area contributed by atoms with Crippen LogP contribution in [0.3, 0.4) is 0 Å². The molecule has 0 heterocycles. The van der Waals surface area contributed by atoms with Crippen LogP contribution < -0.4 is 14.8 Å². The standard InChI is InChI=1S/C24H27NO3/c1-2-16-27-23-12-6-5-9-20(23)11-7-15-25-24(26)18-28-22-14-13-19-8-3-4-10-21(19)17-22/h3-6,8-10,12-14,17H,2,7,11,15-16,18H2,1H3,(H,25,26). The Balaban J connectivity index is 1.40. The van der Waals surface area contributed by atoms with Crippen molar-refractivity contribution in [2.45, 2.75) is 26.2 Å². The molecule has 0 aliphatic rings. The minimum atomic E-state index is -0.108. The molecule has 0 aliphatic heterocycles. The van der Waals surface area contributed by atoms with Gasteiger partial charge in [-0.1, -0.05) is 55.5 Å². The molecule has 0 fully saturated rings. The number of para-hydroxylation sites is 1. The van der Waals surface area contributed by atoms with Crippen molar-refractivity contribution in [3.05, 3.63) is 72.3 Å². The van der Waals surface area contributed by atoms with Crippen LogP contribution in [0.2, 0.25) is 0 Å². The molecule has 146 valence electrons. The van der Waals surface area contributed by atoms with Gasteiger partial charge in [0.25, 0.3) is 5.91 Å². The van der Waals surface area contributed by atoms with E-state index in [0.717, 1.165) is 42.4 Å². The van der Waals surface area contributed by atoms with Crippen LogP contribution in [-0.2, 0) is 11.2 Å². The first-order valence-corrected chi connectivity index (χ1v) is 9.85. The van der Waals surface area contributed by atoms with Gasteiger partial charge < -0.3 is 14.8 Å². The maximum absolute atomic E-state index is 12.0. The average Bonchev–Trinajstić information content (AvgIpc) is 2.74. The number of rotatable bonds is 10. The van der Waals surface area contributed by atoms with Crippen LogP contribution in [0.1, 0.15) is 25.3 Å². The smallest absolute Gasteiger partial charge is 0.257 e. The molecule has 0 atom stereocenters. The quantitative estimate of drug-likeness (QED) is 0.518. The second-order valence-corrected chi connectivity index (χ2v) is 6.71. The third-order valence-corrected chi connectivity index (χ3v) is 4.47. The molecule has 0 unspecified atom stereocenters. The minimum absolute atomic E-state index is 0.0224. The lowest BCUT2D eigenvalue weighted by Crippen LogP contribution is -2.29. The molecule has 3 rings (SSSR count). The lowest BCUT2D eigenvalue weighted by atomic mass is 10.1. The van der Waals surface area contributed by atoms with Crippen LogP contribution in [-0.4, -0.2) is 25.7 Å². The van der Waals surface area contributed by atoms with E-state index in [1.165, 1.54) is 5.56 Å². The number of hydrogen-bond acceptors (Lipinski definition) is 3. The second-order valence-electron chi connectivity index (χ2n) is 6.71. The monoisotopic (exact) mass is 377 g/mol. The predicted octanol–water partition coefficient (Wildman–Crippen LogP) is 4.76. The van der Waals surface area contributed by atoms with Crippen LogP contribution in [0, 0.1) is 0 Å². The Hall–Kier alpha value is -3.01. The summed E-state index contributed by atoms with van der Waals surface area (Å²) in [5, 5.41) is 5.17. The van der Waals surface area contributed by atoms with E-state index in [4.69, 9.17) is 9.47 Å². The SMILES string of the molecule is CCCOc1ccccc1CCCNC(=O)COc1ccc2ccccc2c1. The molecule has 28 heavy (non-hydrogen) atoms. The van der Waals surface area contributed by atoms with E-state index >= 15 is 0 Å². The maximum atomic E-state index is 12.0. The summed E-state index contributed by atoms with van der Waals surface area (Å²) in [6.07, 6.45) is 2.71. The van der Waals surface area contributed by atoms with E-state index in [1.54, 1.807) is 0 Å². The summed E-state index contributed by atoms with van der Waals surface area (Å²) in [7, 11) is 0. The van der Waals surface area contributed by atoms with Gasteiger partial charge in [-0.15, -0.1) is 0 Å². The molecule has 0 bridgehead atoms. The van der Waals surface area contributed by atoms with Crippen molar-refractivity contribution in [1.82, 2.24) is 5.32 Å². The lowest BCUT2D eigenvalue weighted by Gasteiger charge is -2.11. The van der Waals surface area contributed by atoms with Gasteiger partial charge in [-0.2, -0.15) is 0 Å². The summed E-state index contributed by atoms with van der Waals surface area (Å²) in [6.45, 7) is 3.45. The summed E-state index contributed by atoms with van der Waals surface area (Å²) in [5.74, 6) is 1.54.